The summed E-state index contributed by atoms with van der Waals surface area (Å²) in [7, 11) is 0. The van der Waals surface area contributed by atoms with Crippen molar-refractivity contribution in [3.63, 3.8) is 0 Å². The maximum atomic E-state index is 11.6. The highest BCUT2D eigenvalue weighted by Crippen LogP contribution is 2.26. The summed E-state index contributed by atoms with van der Waals surface area (Å²) in [6.45, 7) is 4.37. The van der Waals surface area contributed by atoms with E-state index in [1.54, 1.807) is 4.90 Å². The molecule has 0 bridgehead atoms. The second-order valence-corrected chi connectivity index (χ2v) is 4.07. The van der Waals surface area contributed by atoms with Crippen molar-refractivity contribution in [2.24, 2.45) is 0 Å². The van der Waals surface area contributed by atoms with Crippen LogP contribution < -0.4 is 0 Å². The molecular weight excluding hydrogens is 196 g/mol. The average molecular weight is 214 g/mol. The van der Waals surface area contributed by atoms with Crippen molar-refractivity contribution < 1.29 is 14.6 Å². The van der Waals surface area contributed by atoms with Gasteiger partial charge in [-0.05, 0) is 19.4 Å². The van der Waals surface area contributed by atoms with Crippen LogP contribution in [0.1, 0.15) is 19.8 Å². The first-order chi connectivity index (χ1) is 7.27. The highest BCUT2D eigenvalue weighted by atomic mass is 16.6. The number of hydrogen-bond acceptors (Lipinski definition) is 4. The summed E-state index contributed by atoms with van der Waals surface area (Å²) >= 11 is 0. The van der Waals surface area contributed by atoms with E-state index in [-0.39, 0.29) is 24.9 Å². The molecular formula is C10H18N2O3. The van der Waals surface area contributed by atoms with Crippen LogP contribution in [0.2, 0.25) is 0 Å². The highest BCUT2D eigenvalue weighted by molar-refractivity contribution is 5.70. The fourth-order valence-electron chi connectivity index (χ4n) is 2.47. The molecule has 2 fully saturated rings. The van der Waals surface area contributed by atoms with E-state index in [0.717, 1.165) is 25.9 Å². The molecule has 2 aliphatic heterocycles. The van der Waals surface area contributed by atoms with Gasteiger partial charge in [0.15, 0.2) is 0 Å². The molecule has 2 aliphatic rings. The largest absolute Gasteiger partial charge is 0.447 e. The number of aliphatic hydroxyl groups is 1. The van der Waals surface area contributed by atoms with E-state index < -0.39 is 0 Å². The minimum Gasteiger partial charge on any atom is -0.447 e. The van der Waals surface area contributed by atoms with Crippen molar-refractivity contribution in [1.82, 2.24) is 9.80 Å². The quantitative estimate of drug-likeness (QED) is 0.731. The van der Waals surface area contributed by atoms with E-state index >= 15 is 0 Å². The van der Waals surface area contributed by atoms with Gasteiger partial charge in [0.1, 0.15) is 6.61 Å². The Balaban J connectivity index is 2.10. The van der Waals surface area contributed by atoms with Crippen molar-refractivity contribution in [3.05, 3.63) is 0 Å². The van der Waals surface area contributed by atoms with Crippen LogP contribution in [0.15, 0.2) is 0 Å². The molecule has 5 heteroatoms. The van der Waals surface area contributed by atoms with Gasteiger partial charge in [-0.3, -0.25) is 9.80 Å². The maximum Gasteiger partial charge on any atom is 0.411 e. The lowest BCUT2D eigenvalue weighted by atomic mass is 10.2. The number of carbonyl (C=O) groups excluding carboxylic acids is 1. The van der Waals surface area contributed by atoms with E-state index in [2.05, 4.69) is 11.8 Å². The predicted octanol–water partition coefficient (Wildman–Crippen LogP) is 0.241. The third-order valence-corrected chi connectivity index (χ3v) is 3.27. The Bertz CT molecular complexity index is 247. The zero-order valence-corrected chi connectivity index (χ0v) is 9.06. The maximum absolute atomic E-state index is 11.6. The summed E-state index contributed by atoms with van der Waals surface area (Å²) in [5, 5.41) is 9.18. The van der Waals surface area contributed by atoms with E-state index in [9.17, 15) is 9.90 Å². The average Bonchev–Trinajstić information content (AvgIpc) is 2.82. The number of hydrogen-bond donors (Lipinski definition) is 1. The number of aliphatic hydroxyl groups excluding tert-OH is 1. The second-order valence-electron chi connectivity index (χ2n) is 4.07. The molecule has 0 radical (unpaired) electrons. The topological polar surface area (TPSA) is 53.0 Å². The van der Waals surface area contributed by atoms with Crippen LogP contribution in [-0.4, -0.2) is 59.5 Å². The standard InChI is InChI=1S/C10H18N2O3/c1-2-11-5-3-4-9(11)12-8(6-13)7-15-10(12)14/h8-9,13H,2-7H2,1H3. The van der Waals surface area contributed by atoms with Crippen molar-refractivity contribution in [3.8, 4) is 0 Å². The second kappa shape index (κ2) is 4.37. The minimum absolute atomic E-state index is 0.0141. The highest BCUT2D eigenvalue weighted by Gasteiger charge is 2.41. The van der Waals surface area contributed by atoms with Gasteiger partial charge in [0, 0.05) is 6.54 Å². The summed E-state index contributed by atoms with van der Waals surface area (Å²) in [6, 6.07) is -0.158. The van der Waals surface area contributed by atoms with Crippen LogP contribution >= 0.6 is 0 Å². The Labute approximate surface area is 89.6 Å². The van der Waals surface area contributed by atoms with Crippen LogP contribution in [0.25, 0.3) is 0 Å². The molecule has 2 rings (SSSR count). The molecule has 0 saturated carbocycles. The molecule has 5 nitrogen and oxygen atoms in total. The summed E-state index contributed by atoms with van der Waals surface area (Å²) in [6.07, 6.45) is 1.95. The van der Waals surface area contributed by atoms with E-state index in [1.165, 1.54) is 0 Å². The first kappa shape index (κ1) is 10.7. The summed E-state index contributed by atoms with van der Waals surface area (Å²) in [5.74, 6) is 0. The Hall–Kier alpha value is -0.810. The summed E-state index contributed by atoms with van der Waals surface area (Å²) in [4.78, 5) is 15.5. The third-order valence-electron chi connectivity index (χ3n) is 3.27. The van der Waals surface area contributed by atoms with Crippen LogP contribution in [-0.2, 0) is 4.74 Å². The number of ether oxygens (including phenoxy) is 1. The number of likely N-dealkylation sites (tertiary alicyclic amines) is 1. The monoisotopic (exact) mass is 214 g/mol. The number of rotatable bonds is 3. The van der Waals surface area contributed by atoms with Crippen molar-refractivity contribution in [2.45, 2.75) is 32.0 Å². The van der Waals surface area contributed by atoms with Crippen LogP contribution in [0.5, 0.6) is 0 Å². The van der Waals surface area contributed by atoms with Gasteiger partial charge < -0.3 is 9.84 Å². The smallest absolute Gasteiger partial charge is 0.411 e. The van der Waals surface area contributed by atoms with Gasteiger partial charge >= 0.3 is 6.09 Å². The molecule has 2 saturated heterocycles. The number of cyclic esters (lactones) is 1. The Kier molecular flexibility index (Phi) is 3.11. The predicted molar refractivity (Wildman–Crippen MR) is 54.3 cm³/mol. The minimum atomic E-state index is -0.278. The molecule has 86 valence electrons. The molecule has 2 heterocycles. The van der Waals surface area contributed by atoms with Crippen molar-refractivity contribution in [2.75, 3.05) is 26.3 Å². The van der Waals surface area contributed by atoms with E-state index in [4.69, 9.17) is 4.74 Å². The first-order valence-electron chi connectivity index (χ1n) is 5.58. The zero-order valence-electron chi connectivity index (χ0n) is 9.06. The molecule has 0 spiro atoms. The number of nitrogens with zero attached hydrogens (tertiary/aromatic N) is 2. The van der Waals surface area contributed by atoms with Crippen molar-refractivity contribution >= 4 is 6.09 Å². The van der Waals surface area contributed by atoms with Gasteiger partial charge in [-0.15, -0.1) is 0 Å². The summed E-state index contributed by atoms with van der Waals surface area (Å²) in [5.41, 5.74) is 0. The van der Waals surface area contributed by atoms with E-state index in [0.29, 0.717) is 6.61 Å². The molecule has 2 atom stereocenters. The molecule has 0 aromatic heterocycles. The normalized spacial score (nSPS) is 32.4. The van der Waals surface area contributed by atoms with E-state index in [1.807, 2.05) is 0 Å². The molecule has 1 N–H and O–H groups in total. The third kappa shape index (κ3) is 1.81. The lowest BCUT2D eigenvalue weighted by Gasteiger charge is -2.32. The molecule has 15 heavy (non-hydrogen) atoms. The molecule has 2 unspecified atom stereocenters. The van der Waals surface area contributed by atoms with Gasteiger partial charge in [0.25, 0.3) is 0 Å². The van der Waals surface area contributed by atoms with Gasteiger partial charge in [-0.1, -0.05) is 6.92 Å². The molecule has 0 aromatic rings. The summed E-state index contributed by atoms with van der Waals surface area (Å²) < 4.78 is 4.97. The van der Waals surface area contributed by atoms with Gasteiger partial charge in [0.05, 0.1) is 18.8 Å². The fourth-order valence-corrected chi connectivity index (χ4v) is 2.47. The Morgan fingerprint density at radius 2 is 2.40 bits per heavy atom. The zero-order chi connectivity index (χ0) is 10.8. The van der Waals surface area contributed by atoms with Crippen LogP contribution in [0, 0.1) is 0 Å². The van der Waals surface area contributed by atoms with Gasteiger partial charge in [0.2, 0.25) is 0 Å². The lowest BCUT2D eigenvalue weighted by molar-refractivity contribution is 0.0676. The molecule has 0 aromatic carbocycles. The molecule has 0 aliphatic carbocycles. The van der Waals surface area contributed by atoms with Crippen LogP contribution in [0.4, 0.5) is 4.79 Å². The van der Waals surface area contributed by atoms with Crippen LogP contribution in [0.3, 0.4) is 0 Å². The first-order valence-corrected chi connectivity index (χ1v) is 5.58. The molecule has 1 amide bonds. The lowest BCUT2D eigenvalue weighted by Crippen LogP contribution is -2.50. The van der Waals surface area contributed by atoms with Gasteiger partial charge in [-0.25, -0.2) is 4.79 Å². The SMILES string of the molecule is CCN1CCCC1N1C(=O)OCC1CO. The van der Waals surface area contributed by atoms with Gasteiger partial charge in [-0.2, -0.15) is 0 Å². The Morgan fingerprint density at radius 3 is 3.07 bits per heavy atom. The fraction of sp³-hybridized carbons (Fsp3) is 0.900. The van der Waals surface area contributed by atoms with Crippen molar-refractivity contribution in [1.29, 1.82) is 0 Å². The Morgan fingerprint density at radius 1 is 1.60 bits per heavy atom. The number of carbonyl (C=O) groups is 1. The number of amides is 1.